The number of thioether (sulfide) groups is 1. The van der Waals surface area contributed by atoms with Crippen LogP contribution in [0.2, 0.25) is 0 Å². The first-order valence-corrected chi connectivity index (χ1v) is 6.52. The number of halogens is 3. The minimum Gasteiger partial charge on any atom is -0.326 e. The van der Waals surface area contributed by atoms with Gasteiger partial charge in [0.25, 0.3) is 5.76 Å². The van der Waals surface area contributed by atoms with Crippen LogP contribution in [0.25, 0.3) is 0 Å². The summed E-state index contributed by atoms with van der Waals surface area (Å²) in [5.74, 6) is -2.53. The van der Waals surface area contributed by atoms with E-state index in [0.29, 0.717) is 34.1 Å². The van der Waals surface area contributed by atoms with Crippen LogP contribution in [0.5, 0.6) is 0 Å². The normalized spacial score (nSPS) is 10.5. The van der Waals surface area contributed by atoms with Crippen LogP contribution in [0.3, 0.4) is 0 Å². The number of amides is 1. The van der Waals surface area contributed by atoms with E-state index in [9.17, 15) is 13.6 Å². The summed E-state index contributed by atoms with van der Waals surface area (Å²) in [6, 6.07) is 6.33. The van der Waals surface area contributed by atoms with E-state index in [4.69, 9.17) is 0 Å². The van der Waals surface area contributed by atoms with Crippen LogP contribution in [0.1, 0.15) is 6.42 Å². The van der Waals surface area contributed by atoms with Crippen LogP contribution in [-0.4, -0.2) is 17.0 Å². The third-order valence-electron chi connectivity index (χ3n) is 1.68. The second-order valence-corrected chi connectivity index (χ2v) is 4.75. The number of nitrogens with one attached hydrogen (secondary N) is 1. The van der Waals surface area contributed by atoms with Crippen molar-refractivity contribution in [2.75, 3.05) is 10.6 Å². The third-order valence-corrected chi connectivity index (χ3v) is 2.80. The van der Waals surface area contributed by atoms with Crippen molar-refractivity contribution in [2.24, 2.45) is 0 Å². The molecule has 0 unspecified atom stereocenters. The maximum atomic E-state index is 12.0. The highest BCUT2D eigenvalue weighted by Gasteiger charge is 2.05. The van der Waals surface area contributed by atoms with Crippen LogP contribution in [0, 0.1) is 0 Å². The van der Waals surface area contributed by atoms with E-state index in [1.807, 2.05) is 0 Å². The average Bonchev–Trinajstić information content (AvgIpc) is 2.20. The topological polar surface area (TPSA) is 29.1 Å². The molecule has 6 heteroatoms. The molecule has 88 valence electrons. The van der Waals surface area contributed by atoms with Gasteiger partial charge in [-0.05, 0) is 24.3 Å². The Bertz CT molecular complexity index is 345. The van der Waals surface area contributed by atoms with Crippen LogP contribution >= 0.6 is 27.7 Å². The van der Waals surface area contributed by atoms with Gasteiger partial charge >= 0.3 is 0 Å². The van der Waals surface area contributed by atoms with Crippen molar-refractivity contribution in [3.63, 3.8) is 0 Å². The van der Waals surface area contributed by atoms with Gasteiger partial charge in [-0.25, -0.2) is 0 Å². The van der Waals surface area contributed by atoms with Gasteiger partial charge < -0.3 is 5.32 Å². The maximum absolute atomic E-state index is 12.0. The predicted octanol–water partition coefficient (Wildman–Crippen LogP) is 3.72. The minimum atomic E-state index is -2.42. The van der Waals surface area contributed by atoms with Crippen molar-refractivity contribution in [1.82, 2.24) is 0 Å². The number of carbonyl (C=O) groups is 1. The molecule has 0 heterocycles. The molecule has 1 aromatic rings. The molecule has 0 saturated carbocycles. The zero-order valence-corrected chi connectivity index (χ0v) is 10.7. The standard InChI is InChI=1S/C10H10BrF2NOS/c11-6-5-9(15)14-7-1-3-8(4-2-7)16-10(12)13/h1-4,10H,5-6H2,(H,14,15). The smallest absolute Gasteiger partial charge is 0.288 e. The zero-order valence-electron chi connectivity index (χ0n) is 8.25. The molecule has 0 bridgehead atoms. The monoisotopic (exact) mass is 309 g/mol. The lowest BCUT2D eigenvalue weighted by Gasteiger charge is -2.05. The first-order chi connectivity index (χ1) is 7.61. The van der Waals surface area contributed by atoms with Gasteiger partial charge in [-0.1, -0.05) is 27.7 Å². The summed E-state index contributed by atoms with van der Waals surface area (Å²) in [5, 5.41) is 3.25. The van der Waals surface area contributed by atoms with Gasteiger partial charge in [-0.3, -0.25) is 4.79 Å². The SMILES string of the molecule is O=C(CCBr)Nc1ccc(SC(F)F)cc1. The fourth-order valence-corrected chi connectivity index (χ4v) is 1.89. The molecule has 0 aliphatic rings. The van der Waals surface area contributed by atoms with Crippen molar-refractivity contribution in [1.29, 1.82) is 0 Å². The summed E-state index contributed by atoms with van der Waals surface area (Å²) < 4.78 is 24.0. The van der Waals surface area contributed by atoms with Crippen molar-refractivity contribution in [3.8, 4) is 0 Å². The number of hydrogen-bond donors (Lipinski definition) is 1. The highest BCUT2D eigenvalue weighted by atomic mass is 79.9. The Balaban J connectivity index is 2.54. The summed E-state index contributed by atoms with van der Waals surface area (Å²) in [4.78, 5) is 11.7. The molecule has 0 spiro atoms. The molecular formula is C10H10BrF2NOS. The van der Waals surface area contributed by atoms with E-state index >= 15 is 0 Å². The number of benzene rings is 1. The van der Waals surface area contributed by atoms with Gasteiger partial charge in [0, 0.05) is 22.3 Å². The predicted molar refractivity (Wildman–Crippen MR) is 65.3 cm³/mol. The van der Waals surface area contributed by atoms with E-state index in [1.54, 1.807) is 24.3 Å². The number of alkyl halides is 3. The minimum absolute atomic E-state index is 0.105. The zero-order chi connectivity index (χ0) is 12.0. The number of anilines is 1. The first-order valence-electron chi connectivity index (χ1n) is 4.52. The van der Waals surface area contributed by atoms with Crippen molar-refractivity contribution in [2.45, 2.75) is 17.1 Å². The van der Waals surface area contributed by atoms with Crippen LogP contribution < -0.4 is 5.32 Å². The molecule has 1 rings (SSSR count). The molecule has 1 aromatic carbocycles. The highest BCUT2D eigenvalue weighted by molar-refractivity contribution is 9.09. The van der Waals surface area contributed by atoms with Crippen molar-refractivity contribution < 1.29 is 13.6 Å². The Hall–Kier alpha value is -0.620. The molecule has 1 amide bonds. The van der Waals surface area contributed by atoms with Crippen molar-refractivity contribution >= 4 is 39.3 Å². The fourth-order valence-electron chi connectivity index (χ4n) is 1.03. The first kappa shape index (κ1) is 13.4. The van der Waals surface area contributed by atoms with E-state index in [0.717, 1.165) is 0 Å². The van der Waals surface area contributed by atoms with E-state index in [-0.39, 0.29) is 5.91 Å². The Morgan fingerprint density at radius 2 is 2.00 bits per heavy atom. The Labute approximate surface area is 105 Å². The van der Waals surface area contributed by atoms with E-state index in [1.165, 1.54) is 0 Å². The van der Waals surface area contributed by atoms with E-state index < -0.39 is 5.76 Å². The largest absolute Gasteiger partial charge is 0.326 e. The Kier molecular flexibility index (Phi) is 5.76. The quantitative estimate of drug-likeness (QED) is 0.663. The van der Waals surface area contributed by atoms with E-state index in [2.05, 4.69) is 21.2 Å². The third kappa shape index (κ3) is 4.94. The molecule has 1 N–H and O–H groups in total. The summed E-state index contributed by atoms with van der Waals surface area (Å²) in [5.41, 5.74) is 0.615. The fraction of sp³-hybridized carbons (Fsp3) is 0.300. The molecule has 0 atom stereocenters. The lowest BCUT2D eigenvalue weighted by molar-refractivity contribution is -0.115. The van der Waals surface area contributed by atoms with Gasteiger partial charge in [-0.2, -0.15) is 8.78 Å². The Morgan fingerprint density at radius 1 is 1.38 bits per heavy atom. The van der Waals surface area contributed by atoms with Crippen LogP contribution in [0.4, 0.5) is 14.5 Å². The van der Waals surface area contributed by atoms with Crippen molar-refractivity contribution in [3.05, 3.63) is 24.3 Å². The number of hydrogen-bond acceptors (Lipinski definition) is 2. The number of rotatable bonds is 5. The molecular weight excluding hydrogens is 300 g/mol. The second kappa shape index (κ2) is 6.85. The average molecular weight is 310 g/mol. The van der Waals surface area contributed by atoms with Crippen LogP contribution in [0.15, 0.2) is 29.2 Å². The molecule has 0 aliphatic heterocycles. The van der Waals surface area contributed by atoms with Gasteiger partial charge in [0.15, 0.2) is 0 Å². The highest BCUT2D eigenvalue weighted by Crippen LogP contribution is 2.26. The molecule has 16 heavy (non-hydrogen) atoms. The maximum Gasteiger partial charge on any atom is 0.288 e. The van der Waals surface area contributed by atoms with Gasteiger partial charge in [0.2, 0.25) is 5.91 Å². The molecule has 0 aliphatic carbocycles. The molecule has 0 saturated heterocycles. The second-order valence-electron chi connectivity index (χ2n) is 2.89. The summed E-state index contributed by atoms with van der Waals surface area (Å²) >= 11 is 3.64. The van der Waals surface area contributed by atoms with Gasteiger partial charge in [-0.15, -0.1) is 0 Å². The molecule has 0 fully saturated rings. The molecule has 0 aromatic heterocycles. The molecule has 2 nitrogen and oxygen atoms in total. The van der Waals surface area contributed by atoms with Crippen LogP contribution in [-0.2, 0) is 4.79 Å². The van der Waals surface area contributed by atoms with Gasteiger partial charge in [0.05, 0.1) is 0 Å². The lowest BCUT2D eigenvalue weighted by atomic mass is 10.3. The summed E-state index contributed by atoms with van der Waals surface area (Å²) in [6.45, 7) is 0. The summed E-state index contributed by atoms with van der Waals surface area (Å²) in [7, 11) is 0. The Morgan fingerprint density at radius 3 is 2.50 bits per heavy atom. The van der Waals surface area contributed by atoms with Gasteiger partial charge in [0.1, 0.15) is 0 Å². The number of carbonyl (C=O) groups excluding carboxylic acids is 1. The molecule has 0 radical (unpaired) electrons. The summed E-state index contributed by atoms with van der Waals surface area (Å²) in [6.07, 6.45) is 0.382. The lowest BCUT2D eigenvalue weighted by Crippen LogP contribution is -2.11.